The van der Waals surface area contributed by atoms with Gasteiger partial charge >= 0.3 is 11.9 Å². The average molecular weight is 1330 g/mol. The first-order valence-electron chi connectivity index (χ1n) is 33.3. The lowest BCUT2D eigenvalue weighted by molar-refractivity contribution is -0.689. The highest BCUT2D eigenvalue weighted by Gasteiger charge is 2.42. The zero-order valence-electron chi connectivity index (χ0n) is 54.8. The Balaban J connectivity index is 0.626. The average Bonchev–Trinajstić information content (AvgIpc) is 1.59. The summed E-state index contributed by atoms with van der Waals surface area (Å²) in [5.74, 6) is -0.281. The van der Waals surface area contributed by atoms with Gasteiger partial charge in [0.1, 0.15) is 56.0 Å². The van der Waals surface area contributed by atoms with E-state index in [4.69, 9.17) is 56.8 Å². The third-order valence-corrected chi connectivity index (χ3v) is 16.7. The molecule has 0 saturated carbocycles. The first kappa shape index (κ1) is 68.0. The minimum Gasteiger partial charge on any atom is -0.491 e. The van der Waals surface area contributed by atoms with Crippen molar-refractivity contribution in [3.05, 3.63) is 228 Å². The topological polar surface area (TPSA) is 198 Å². The normalized spacial score (nSPS) is 15.7. The van der Waals surface area contributed by atoms with Gasteiger partial charge in [-0.25, -0.2) is 23.1 Å². The fraction of sp³-hybridized carbons (Fsp3) is 0.325. The number of hydrogen-bond acceptors (Lipinski definition) is 16. The summed E-state index contributed by atoms with van der Waals surface area (Å²) >= 11 is 0. The molecule has 27 rings (SSSR count). The smallest absolute Gasteiger partial charge is 0.338 e. The van der Waals surface area contributed by atoms with Crippen molar-refractivity contribution in [3.8, 4) is 45.3 Å². The minimum atomic E-state index is -0.748. The molecule has 2 amide bonds. The number of unbranched alkanes of at least 4 members (excludes halogenated alkanes) is 1. The molecule has 9 aromatic rings. The molecule has 0 N–H and O–H groups in total. The Labute approximate surface area is 569 Å². The van der Waals surface area contributed by atoms with Crippen LogP contribution in [-0.4, -0.2) is 154 Å². The Morgan fingerprint density at radius 1 is 0.378 bits per heavy atom. The minimum absolute atomic E-state index is 0.00987. The number of nitrogens with zero attached hydrogens (tertiary/aromatic N) is 5. The van der Waals surface area contributed by atoms with Crippen LogP contribution in [0.3, 0.4) is 0 Å². The van der Waals surface area contributed by atoms with E-state index < -0.39 is 30.3 Å². The van der Waals surface area contributed by atoms with Crippen molar-refractivity contribution in [2.45, 2.75) is 39.0 Å². The van der Waals surface area contributed by atoms with Crippen LogP contribution in [0.1, 0.15) is 66.2 Å². The number of carbonyl (C=O) groups excluding carboxylic acids is 4. The Morgan fingerprint density at radius 3 is 1.11 bits per heavy atom. The number of imide groups is 1. The lowest BCUT2D eigenvalue weighted by Gasteiger charge is -2.14. The number of benzene rings is 5. The molecule has 18 bridgehead atoms. The first-order chi connectivity index (χ1) is 48.2. The van der Waals surface area contributed by atoms with E-state index in [-0.39, 0.29) is 56.3 Å². The summed E-state index contributed by atoms with van der Waals surface area (Å²) in [7, 11) is 0. The zero-order chi connectivity index (χ0) is 67.1. The molecule has 18 aliphatic rings. The molecular formula is C77H81N5O16+4. The molecule has 22 heterocycles. The van der Waals surface area contributed by atoms with E-state index >= 15 is 0 Å². The van der Waals surface area contributed by atoms with Crippen LogP contribution in [0.4, 0.5) is 0 Å². The molecule has 0 fully saturated rings. The third-order valence-electron chi connectivity index (χ3n) is 16.7. The van der Waals surface area contributed by atoms with E-state index in [1.807, 2.05) is 107 Å². The molecule has 18 aliphatic heterocycles. The maximum absolute atomic E-state index is 14.5. The summed E-state index contributed by atoms with van der Waals surface area (Å²) in [6.45, 7) is 6.77. The molecule has 21 heteroatoms. The van der Waals surface area contributed by atoms with Crippen LogP contribution in [0, 0.1) is 0 Å². The summed E-state index contributed by atoms with van der Waals surface area (Å²) in [5, 5.41) is 1.89. The summed E-state index contributed by atoms with van der Waals surface area (Å²) in [6.07, 6.45) is 16.8. The molecule has 0 aliphatic carbocycles. The standard InChI is InChI=1S/C77H81N5O16/c83-72(56-82-75(84)73-63-13-14-64(74(73)76(82)85)55-81-29-21-62(22-30-81)60-17-25-79(26-18-60)53-58-10-9-57(11-12-58)52-78-23-15-59(16-24-78)61-19-27-80(54-63)28-20-61)97-31-1-2-32-98-77(86)65-49-66-51-67(50-65)94-46-42-90-38-34-88-36-40-92-44-48-96-71-8-4-6-69-68(71)5-3-7-70(69)95-47-43-91-39-35-87-33-37-89-41-45-93-66/h3-30,49-51H,1-2,31-48,52-56H2/q+4. The molecule has 0 saturated heterocycles. The lowest BCUT2D eigenvalue weighted by atomic mass is 9.97. The van der Waals surface area contributed by atoms with Crippen LogP contribution in [0.5, 0.6) is 23.0 Å². The van der Waals surface area contributed by atoms with Crippen LogP contribution < -0.4 is 37.2 Å². The van der Waals surface area contributed by atoms with Gasteiger partial charge in [-0.1, -0.05) is 60.7 Å². The summed E-state index contributed by atoms with van der Waals surface area (Å²) in [4.78, 5) is 57.1. The second-order valence-corrected chi connectivity index (χ2v) is 23.6. The van der Waals surface area contributed by atoms with Gasteiger partial charge in [-0.05, 0) is 59.4 Å². The zero-order valence-corrected chi connectivity index (χ0v) is 54.8. The Morgan fingerprint density at radius 2 is 0.724 bits per heavy atom. The van der Waals surface area contributed by atoms with E-state index in [2.05, 4.69) is 82.5 Å². The van der Waals surface area contributed by atoms with Gasteiger partial charge in [0.25, 0.3) is 11.8 Å². The predicted molar refractivity (Wildman–Crippen MR) is 357 cm³/mol. The van der Waals surface area contributed by atoms with Crippen LogP contribution >= 0.6 is 0 Å². The molecule has 0 atom stereocenters. The highest BCUT2D eigenvalue weighted by Crippen LogP contribution is 2.33. The van der Waals surface area contributed by atoms with Crippen LogP contribution in [0.2, 0.25) is 0 Å². The van der Waals surface area contributed by atoms with Gasteiger partial charge < -0.3 is 56.8 Å². The van der Waals surface area contributed by atoms with Crippen molar-refractivity contribution in [1.29, 1.82) is 0 Å². The van der Waals surface area contributed by atoms with Gasteiger partial charge in [-0.2, -0.15) is 0 Å². The van der Waals surface area contributed by atoms with Crippen molar-refractivity contribution in [3.63, 3.8) is 0 Å². The maximum atomic E-state index is 14.5. The van der Waals surface area contributed by atoms with Gasteiger partial charge in [0.2, 0.25) is 0 Å². The SMILES string of the molecule is O=C(CN1C(=O)c2c3ccc(c2C1=O)C[n+]1ccc(cc1)-c1cc[n+](cc1)Cc1ccc(cc1)C[n+]1ccc(cc1)-c1cc[n+](cc1)C3)OCCCCOC(=O)c1cc2cc(c1)OCCOCCOCCOCCOc1cccc3c(cccc13)OCCOCCOCCOCCO2. The Hall–Kier alpha value is -10.0. The highest BCUT2D eigenvalue weighted by atomic mass is 16.6. The van der Waals surface area contributed by atoms with Crippen molar-refractivity contribution < 1.29 is 94.3 Å². The number of hydrogen-bond donors (Lipinski definition) is 0. The van der Waals surface area contributed by atoms with Gasteiger partial charge in [-0.15, -0.1) is 0 Å². The fourth-order valence-corrected chi connectivity index (χ4v) is 11.6. The van der Waals surface area contributed by atoms with Gasteiger partial charge in [0.15, 0.2) is 75.8 Å². The number of aromatic nitrogens is 4. The molecule has 506 valence electrons. The molecule has 0 spiro atoms. The Bertz CT molecular complexity index is 3900. The molecule has 0 unspecified atom stereocenters. The summed E-state index contributed by atoms with van der Waals surface area (Å²) < 4.78 is 78.0. The molecular weight excluding hydrogens is 1250 g/mol. The molecule has 21 nitrogen and oxygen atoms in total. The van der Waals surface area contributed by atoms with E-state index in [9.17, 15) is 19.2 Å². The number of ether oxygens (including phenoxy) is 12. The van der Waals surface area contributed by atoms with E-state index in [1.54, 1.807) is 18.2 Å². The molecule has 0 radical (unpaired) electrons. The number of pyridine rings is 4. The second-order valence-electron chi connectivity index (χ2n) is 23.6. The fourth-order valence-electron chi connectivity index (χ4n) is 11.6. The monoisotopic (exact) mass is 1330 g/mol. The highest BCUT2D eigenvalue weighted by molar-refractivity contribution is 6.23. The maximum Gasteiger partial charge on any atom is 0.338 e. The number of rotatable bonds is 8. The lowest BCUT2D eigenvalue weighted by Crippen LogP contribution is -2.37. The van der Waals surface area contributed by atoms with Crippen LogP contribution in [0.25, 0.3) is 33.0 Å². The second kappa shape index (κ2) is 34.8. The van der Waals surface area contributed by atoms with Crippen molar-refractivity contribution in [1.82, 2.24) is 4.90 Å². The number of carbonyl (C=O) groups is 4. The van der Waals surface area contributed by atoms with Gasteiger partial charge in [0.05, 0.1) is 109 Å². The number of esters is 2. The van der Waals surface area contributed by atoms with E-state index in [0.29, 0.717) is 128 Å². The van der Waals surface area contributed by atoms with E-state index in [0.717, 1.165) is 62.5 Å². The molecule has 4 aromatic heterocycles. The molecule has 5 aromatic carbocycles. The van der Waals surface area contributed by atoms with Crippen molar-refractivity contribution >= 4 is 34.5 Å². The number of fused-ring (bicyclic) bond motifs is 2. The van der Waals surface area contributed by atoms with Gasteiger partial charge in [-0.3, -0.25) is 19.3 Å². The van der Waals surface area contributed by atoms with E-state index in [1.165, 1.54) is 11.1 Å². The quantitative estimate of drug-likeness (QED) is 0.0615. The summed E-state index contributed by atoms with van der Waals surface area (Å²) in [5.41, 5.74) is 8.56. The predicted octanol–water partition coefficient (Wildman–Crippen LogP) is 7.94. The van der Waals surface area contributed by atoms with Crippen LogP contribution in [-0.2, 0) is 68.9 Å². The van der Waals surface area contributed by atoms with Crippen LogP contribution in [0.15, 0.2) is 189 Å². The third kappa shape index (κ3) is 18.8. The van der Waals surface area contributed by atoms with Crippen molar-refractivity contribution in [2.75, 3.05) is 125 Å². The van der Waals surface area contributed by atoms with Gasteiger partial charge in [0, 0.05) is 87.6 Å². The molecule has 98 heavy (non-hydrogen) atoms. The first-order valence-corrected chi connectivity index (χ1v) is 33.3. The number of amides is 2. The largest absolute Gasteiger partial charge is 0.491 e. The van der Waals surface area contributed by atoms with Crippen molar-refractivity contribution in [2.24, 2.45) is 0 Å². The Kier molecular flexibility index (Phi) is 24.1. The summed E-state index contributed by atoms with van der Waals surface area (Å²) in [6, 6.07) is 45.6.